The zero-order valence-electron chi connectivity index (χ0n) is 24.5. The molecule has 4 rings (SSSR count). The van der Waals surface area contributed by atoms with Crippen molar-refractivity contribution in [3.05, 3.63) is 88.2 Å². The standard InChI is InChI=1S/C31H34ClF3N4O5/c1-31(2,3)44-30(42)39-15-22(43-17-21(39)16-40)5-6-23-27(35)13-37-14-28(23)38-29(41)10-24(19-8-20(33)12-36-11-19)18-4-7-25(32)26(34)9-18/h4,7-9,11-14,21-22,24,40H,5-6,10,15-17H2,1-3H3,(H,38,41)/t21-,22+,24-/m0/s1. The third-order valence-corrected chi connectivity index (χ3v) is 7.37. The third-order valence-electron chi connectivity index (χ3n) is 7.06. The number of halogens is 4. The van der Waals surface area contributed by atoms with Crippen LogP contribution in [0.25, 0.3) is 0 Å². The van der Waals surface area contributed by atoms with Crippen molar-refractivity contribution in [1.82, 2.24) is 14.9 Å². The lowest BCUT2D eigenvalue weighted by Gasteiger charge is -2.39. The first-order valence-electron chi connectivity index (χ1n) is 14.0. The Balaban J connectivity index is 1.48. The molecule has 9 nitrogen and oxygen atoms in total. The molecule has 0 bridgehead atoms. The molecule has 3 aromatic rings. The van der Waals surface area contributed by atoms with Gasteiger partial charge in [0.25, 0.3) is 0 Å². The number of aliphatic hydroxyl groups excluding tert-OH is 1. The number of nitrogens with one attached hydrogen (secondary N) is 1. The van der Waals surface area contributed by atoms with Crippen LogP contribution in [0.3, 0.4) is 0 Å². The molecule has 0 saturated carbocycles. The Labute approximate surface area is 258 Å². The molecule has 2 N–H and O–H groups in total. The third kappa shape index (κ3) is 8.67. The summed E-state index contributed by atoms with van der Waals surface area (Å²) < 4.78 is 54.7. The van der Waals surface area contributed by atoms with Crippen LogP contribution in [0, 0.1) is 17.5 Å². The molecule has 0 spiro atoms. The second-order valence-corrected chi connectivity index (χ2v) is 11.9. The maximum Gasteiger partial charge on any atom is 0.410 e. The number of hydrogen-bond donors (Lipinski definition) is 2. The molecule has 13 heteroatoms. The van der Waals surface area contributed by atoms with Crippen molar-refractivity contribution >= 4 is 29.3 Å². The maximum absolute atomic E-state index is 15.0. The highest BCUT2D eigenvalue weighted by atomic mass is 35.5. The van der Waals surface area contributed by atoms with Crippen LogP contribution in [0.1, 0.15) is 56.2 Å². The average Bonchev–Trinajstić information content (AvgIpc) is 2.96. The number of anilines is 1. The molecule has 1 fully saturated rings. The van der Waals surface area contributed by atoms with Gasteiger partial charge in [-0.1, -0.05) is 17.7 Å². The maximum atomic E-state index is 15.0. The Hall–Kier alpha value is -3.74. The number of rotatable bonds is 9. The minimum absolute atomic E-state index is 0.0739. The van der Waals surface area contributed by atoms with E-state index in [1.54, 1.807) is 20.8 Å². The number of morpholine rings is 1. The van der Waals surface area contributed by atoms with Crippen LogP contribution in [0.15, 0.2) is 49.1 Å². The zero-order chi connectivity index (χ0) is 32.0. The highest BCUT2D eigenvalue weighted by molar-refractivity contribution is 6.30. The van der Waals surface area contributed by atoms with Gasteiger partial charge < -0.3 is 19.9 Å². The smallest absolute Gasteiger partial charge is 0.410 e. The highest BCUT2D eigenvalue weighted by Gasteiger charge is 2.35. The molecule has 0 radical (unpaired) electrons. The van der Waals surface area contributed by atoms with E-state index in [1.165, 1.54) is 41.6 Å². The van der Waals surface area contributed by atoms with Crippen molar-refractivity contribution in [3.63, 3.8) is 0 Å². The van der Waals surface area contributed by atoms with Gasteiger partial charge in [0.05, 0.1) is 61.2 Å². The first-order valence-corrected chi connectivity index (χ1v) is 14.4. The fourth-order valence-electron chi connectivity index (χ4n) is 4.92. The van der Waals surface area contributed by atoms with Gasteiger partial charge in [-0.3, -0.25) is 19.7 Å². The van der Waals surface area contributed by atoms with E-state index in [1.807, 2.05) is 0 Å². The molecule has 3 heterocycles. The average molecular weight is 635 g/mol. The number of pyridine rings is 2. The van der Waals surface area contributed by atoms with Crippen LogP contribution in [-0.2, 0) is 20.7 Å². The fraction of sp³-hybridized carbons (Fsp3) is 0.419. The SMILES string of the molecule is CC(C)(C)OC(=O)N1C[C@@H](CCc2c(F)cncc2NC(=O)C[C@H](c2cncc(F)c2)c2ccc(Cl)c(F)c2)OC[C@@H]1CO. The first-order chi connectivity index (χ1) is 20.8. The van der Waals surface area contributed by atoms with Gasteiger partial charge in [0.1, 0.15) is 23.1 Å². The second-order valence-electron chi connectivity index (χ2n) is 11.5. The van der Waals surface area contributed by atoms with E-state index in [0.29, 0.717) is 11.1 Å². The molecule has 0 aliphatic carbocycles. The van der Waals surface area contributed by atoms with E-state index < -0.39 is 53.1 Å². The molecular formula is C31H34ClF3N4O5. The number of benzene rings is 1. The molecule has 1 saturated heterocycles. The number of aromatic nitrogens is 2. The summed E-state index contributed by atoms with van der Waals surface area (Å²) in [6.07, 6.45) is 3.81. The summed E-state index contributed by atoms with van der Waals surface area (Å²) in [4.78, 5) is 35.2. The number of amides is 2. The molecular weight excluding hydrogens is 601 g/mol. The monoisotopic (exact) mass is 634 g/mol. The van der Waals surface area contributed by atoms with Gasteiger partial charge in [0.15, 0.2) is 0 Å². The van der Waals surface area contributed by atoms with Gasteiger partial charge in [-0.15, -0.1) is 0 Å². The Morgan fingerprint density at radius 1 is 1.11 bits per heavy atom. The molecule has 2 amide bonds. The summed E-state index contributed by atoms with van der Waals surface area (Å²) in [5, 5.41) is 12.3. The van der Waals surface area contributed by atoms with Crippen molar-refractivity contribution in [1.29, 1.82) is 0 Å². The van der Waals surface area contributed by atoms with Crippen molar-refractivity contribution < 1.29 is 37.3 Å². The summed E-state index contributed by atoms with van der Waals surface area (Å²) in [7, 11) is 0. The molecule has 1 aliphatic rings. The van der Waals surface area contributed by atoms with Crippen LogP contribution in [-0.4, -0.2) is 69.5 Å². The van der Waals surface area contributed by atoms with Gasteiger partial charge >= 0.3 is 6.09 Å². The van der Waals surface area contributed by atoms with Crippen molar-refractivity contribution in [2.45, 2.75) is 63.7 Å². The van der Waals surface area contributed by atoms with Crippen LogP contribution >= 0.6 is 11.6 Å². The van der Waals surface area contributed by atoms with Gasteiger partial charge in [0.2, 0.25) is 5.91 Å². The molecule has 2 aromatic heterocycles. The van der Waals surface area contributed by atoms with Crippen molar-refractivity contribution in [2.75, 3.05) is 25.1 Å². The lowest BCUT2D eigenvalue weighted by Crippen LogP contribution is -2.55. The predicted molar refractivity (Wildman–Crippen MR) is 157 cm³/mol. The van der Waals surface area contributed by atoms with Crippen LogP contribution < -0.4 is 5.32 Å². The summed E-state index contributed by atoms with van der Waals surface area (Å²) in [5.41, 5.74) is 0.277. The van der Waals surface area contributed by atoms with Gasteiger partial charge in [-0.05, 0) is 62.9 Å². The summed E-state index contributed by atoms with van der Waals surface area (Å²) in [6, 6.07) is 4.68. The van der Waals surface area contributed by atoms with Gasteiger partial charge in [-0.25, -0.2) is 18.0 Å². The highest BCUT2D eigenvalue weighted by Crippen LogP contribution is 2.31. The lowest BCUT2D eigenvalue weighted by molar-refractivity contribution is -0.116. The molecule has 3 atom stereocenters. The largest absolute Gasteiger partial charge is 0.444 e. The van der Waals surface area contributed by atoms with E-state index >= 15 is 4.39 Å². The van der Waals surface area contributed by atoms with Crippen molar-refractivity contribution in [2.24, 2.45) is 0 Å². The van der Waals surface area contributed by atoms with Crippen LogP contribution in [0.5, 0.6) is 0 Å². The molecule has 236 valence electrons. The summed E-state index contributed by atoms with van der Waals surface area (Å²) >= 11 is 5.84. The van der Waals surface area contributed by atoms with Crippen LogP contribution in [0.4, 0.5) is 23.7 Å². The fourth-order valence-corrected chi connectivity index (χ4v) is 5.04. The van der Waals surface area contributed by atoms with E-state index in [9.17, 15) is 23.5 Å². The number of carbonyl (C=O) groups is 2. The Morgan fingerprint density at radius 2 is 1.86 bits per heavy atom. The van der Waals surface area contributed by atoms with E-state index in [-0.39, 0.29) is 55.3 Å². The second kappa shape index (κ2) is 14.4. The van der Waals surface area contributed by atoms with Crippen LogP contribution in [0.2, 0.25) is 5.02 Å². The minimum Gasteiger partial charge on any atom is -0.444 e. The number of carbonyl (C=O) groups excluding carboxylic acids is 2. The topological polar surface area (TPSA) is 114 Å². The number of hydrogen-bond acceptors (Lipinski definition) is 7. The zero-order valence-corrected chi connectivity index (χ0v) is 25.3. The van der Waals surface area contributed by atoms with Crippen molar-refractivity contribution in [3.8, 4) is 0 Å². The molecule has 1 aromatic carbocycles. The lowest BCUT2D eigenvalue weighted by atomic mass is 9.89. The van der Waals surface area contributed by atoms with E-state index in [2.05, 4.69) is 15.3 Å². The van der Waals surface area contributed by atoms with E-state index in [0.717, 1.165) is 12.4 Å². The van der Waals surface area contributed by atoms with E-state index in [4.69, 9.17) is 21.1 Å². The first kappa shape index (κ1) is 33.2. The summed E-state index contributed by atoms with van der Waals surface area (Å²) in [6.45, 7) is 5.11. The van der Waals surface area contributed by atoms with Gasteiger partial charge in [-0.2, -0.15) is 0 Å². The molecule has 1 aliphatic heterocycles. The minimum atomic E-state index is -0.788. The Bertz CT molecular complexity index is 1490. The quantitative estimate of drug-likeness (QED) is 0.313. The normalized spacial score (nSPS) is 17.7. The Kier molecular flexibility index (Phi) is 10.8. The predicted octanol–water partition coefficient (Wildman–Crippen LogP) is 5.64. The Morgan fingerprint density at radius 3 is 2.55 bits per heavy atom. The molecule has 44 heavy (non-hydrogen) atoms. The number of ether oxygens (including phenoxy) is 2. The number of nitrogens with zero attached hydrogens (tertiary/aromatic N) is 3. The number of aliphatic hydroxyl groups is 1. The summed E-state index contributed by atoms with van der Waals surface area (Å²) in [5.74, 6) is -3.32. The molecule has 0 unspecified atom stereocenters. The van der Waals surface area contributed by atoms with Gasteiger partial charge in [0, 0.05) is 24.1 Å².